The molecule has 0 radical (unpaired) electrons. The van der Waals surface area contributed by atoms with Gasteiger partial charge in [0, 0.05) is 12.6 Å². The standard InChI is InChI=1S/C18H20N2O/c21-18(20-12-14-6-2-1-3-7-14)13-19-17-10-15-8-4-5-9-16(15)11-17/h1-9,17,19H,10-13H2,(H,20,21). The van der Waals surface area contributed by atoms with Crippen LogP contribution in [0.4, 0.5) is 0 Å². The van der Waals surface area contributed by atoms with Crippen molar-refractivity contribution < 1.29 is 4.79 Å². The van der Waals surface area contributed by atoms with E-state index >= 15 is 0 Å². The fraction of sp³-hybridized carbons (Fsp3) is 0.278. The number of amides is 1. The predicted octanol–water partition coefficient (Wildman–Crippen LogP) is 2.06. The first-order valence-electron chi connectivity index (χ1n) is 7.42. The Morgan fingerprint density at radius 2 is 1.57 bits per heavy atom. The van der Waals surface area contributed by atoms with Crippen molar-refractivity contribution in [2.24, 2.45) is 0 Å². The normalized spacial score (nSPS) is 13.9. The van der Waals surface area contributed by atoms with Crippen molar-refractivity contribution in [3.63, 3.8) is 0 Å². The van der Waals surface area contributed by atoms with E-state index in [1.165, 1.54) is 11.1 Å². The molecule has 0 saturated carbocycles. The van der Waals surface area contributed by atoms with Gasteiger partial charge in [-0.1, -0.05) is 54.6 Å². The summed E-state index contributed by atoms with van der Waals surface area (Å²) in [5.41, 5.74) is 3.93. The molecule has 3 heteroatoms. The molecule has 1 aliphatic rings. The van der Waals surface area contributed by atoms with E-state index in [2.05, 4.69) is 34.9 Å². The number of carbonyl (C=O) groups is 1. The Morgan fingerprint density at radius 3 is 2.24 bits per heavy atom. The second kappa shape index (κ2) is 6.55. The third-order valence-electron chi connectivity index (χ3n) is 3.93. The Labute approximate surface area is 125 Å². The SMILES string of the molecule is O=C(CNC1Cc2ccccc2C1)NCc1ccccc1. The molecule has 2 N–H and O–H groups in total. The maximum atomic E-state index is 11.9. The minimum absolute atomic E-state index is 0.0507. The van der Waals surface area contributed by atoms with E-state index in [0.29, 0.717) is 19.1 Å². The lowest BCUT2D eigenvalue weighted by atomic mass is 10.1. The zero-order valence-electron chi connectivity index (χ0n) is 12.0. The number of hydrogen-bond donors (Lipinski definition) is 2. The topological polar surface area (TPSA) is 41.1 Å². The second-order valence-electron chi connectivity index (χ2n) is 5.52. The molecule has 0 atom stereocenters. The van der Waals surface area contributed by atoms with Crippen LogP contribution in [0.5, 0.6) is 0 Å². The number of carbonyl (C=O) groups excluding carboxylic acids is 1. The molecule has 108 valence electrons. The second-order valence-corrected chi connectivity index (χ2v) is 5.52. The van der Waals surface area contributed by atoms with E-state index in [4.69, 9.17) is 0 Å². The Kier molecular flexibility index (Phi) is 4.31. The van der Waals surface area contributed by atoms with Gasteiger partial charge in [-0.25, -0.2) is 0 Å². The molecular weight excluding hydrogens is 260 g/mol. The van der Waals surface area contributed by atoms with Gasteiger partial charge >= 0.3 is 0 Å². The van der Waals surface area contributed by atoms with Crippen LogP contribution in [0.1, 0.15) is 16.7 Å². The van der Waals surface area contributed by atoms with Crippen LogP contribution in [0.2, 0.25) is 0 Å². The van der Waals surface area contributed by atoms with Gasteiger partial charge in [0.25, 0.3) is 0 Å². The molecule has 0 heterocycles. The number of benzene rings is 2. The van der Waals surface area contributed by atoms with Crippen LogP contribution in [0.25, 0.3) is 0 Å². The predicted molar refractivity (Wildman–Crippen MR) is 83.9 cm³/mol. The highest BCUT2D eigenvalue weighted by atomic mass is 16.1. The number of rotatable bonds is 5. The van der Waals surface area contributed by atoms with Gasteiger partial charge in [0.15, 0.2) is 0 Å². The van der Waals surface area contributed by atoms with Crippen molar-refractivity contribution >= 4 is 5.91 Å². The van der Waals surface area contributed by atoms with E-state index in [0.717, 1.165) is 18.4 Å². The van der Waals surface area contributed by atoms with Crippen LogP contribution in [0.3, 0.4) is 0 Å². The molecule has 2 aromatic carbocycles. The van der Waals surface area contributed by atoms with E-state index in [1.807, 2.05) is 30.3 Å². The molecule has 0 aliphatic heterocycles. The first-order chi connectivity index (χ1) is 10.3. The summed E-state index contributed by atoms with van der Waals surface area (Å²) in [6.45, 7) is 0.970. The molecule has 0 fully saturated rings. The summed E-state index contributed by atoms with van der Waals surface area (Å²) in [7, 11) is 0. The first-order valence-corrected chi connectivity index (χ1v) is 7.42. The van der Waals surface area contributed by atoms with Crippen LogP contribution < -0.4 is 10.6 Å². The zero-order valence-corrected chi connectivity index (χ0v) is 12.0. The molecular formula is C18H20N2O. The largest absolute Gasteiger partial charge is 0.351 e. The van der Waals surface area contributed by atoms with Crippen LogP contribution in [-0.4, -0.2) is 18.5 Å². The Hall–Kier alpha value is -2.13. The van der Waals surface area contributed by atoms with Gasteiger partial charge in [0.2, 0.25) is 5.91 Å². The van der Waals surface area contributed by atoms with Crippen molar-refractivity contribution in [2.45, 2.75) is 25.4 Å². The maximum Gasteiger partial charge on any atom is 0.234 e. The Balaban J connectivity index is 1.41. The molecule has 21 heavy (non-hydrogen) atoms. The fourth-order valence-electron chi connectivity index (χ4n) is 2.80. The van der Waals surface area contributed by atoms with Crippen molar-refractivity contribution in [3.8, 4) is 0 Å². The van der Waals surface area contributed by atoms with Gasteiger partial charge in [-0.05, 0) is 29.5 Å². The van der Waals surface area contributed by atoms with Crippen LogP contribution in [0, 0.1) is 0 Å². The summed E-state index contributed by atoms with van der Waals surface area (Å²) in [6, 6.07) is 18.9. The Morgan fingerprint density at radius 1 is 0.952 bits per heavy atom. The minimum atomic E-state index is 0.0507. The minimum Gasteiger partial charge on any atom is -0.351 e. The van der Waals surface area contributed by atoms with Crippen LogP contribution in [-0.2, 0) is 24.2 Å². The van der Waals surface area contributed by atoms with E-state index in [-0.39, 0.29) is 5.91 Å². The number of hydrogen-bond acceptors (Lipinski definition) is 2. The van der Waals surface area contributed by atoms with Crippen molar-refractivity contribution in [3.05, 3.63) is 71.3 Å². The molecule has 3 rings (SSSR count). The average molecular weight is 280 g/mol. The maximum absolute atomic E-state index is 11.9. The van der Waals surface area contributed by atoms with Gasteiger partial charge in [0.1, 0.15) is 0 Å². The van der Waals surface area contributed by atoms with E-state index in [1.54, 1.807) is 0 Å². The molecule has 2 aromatic rings. The van der Waals surface area contributed by atoms with Crippen molar-refractivity contribution in [1.82, 2.24) is 10.6 Å². The fourth-order valence-corrected chi connectivity index (χ4v) is 2.80. The highest BCUT2D eigenvalue weighted by Crippen LogP contribution is 2.21. The molecule has 1 amide bonds. The van der Waals surface area contributed by atoms with E-state index in [9.17, 15) is 4.79 Å². The first kappa shape index (κ1) is 13.8. The van der Waals surface area contributed by atoms with Gasteiger partial charge in [-0.3, -0.25) is 4.79 Å². The lowest BCUT2D eigenvalue weighted by Gasteiger charge is -2.12. The highest BCUT2D eigenvalue weighted by Gasteiger charge is 2.20. The molecule has 1 aliphatic carbocycles. The van der Waals surface area contributed by atoms with Gasteiger partial charge in [0.05, 0.1) is 6.54 Å². The third-order valence-corrected chi connectivity index (χ3v) is 3.93. The van der Waals surface area contributed by atoms with E-state index < -0.39 is 0 Å². The van der Waals surface area contributed by atoms with Crippen molar-refractivity contribution in [1.29, 1.82) is 0 Å². The molecule has 0 spiro atoms. The summed E-state index contributed by atoms with van der Waals surface area (Å²) in [4.78, 5) is 11.9. The molecule has 0 aromatic heterocycles. The number of fused-ring (bicyclic) bond motifs is 1. The van der Waals surface area contributed by atoms with Gasteiger partial charge < -0.3 is 10.6 Å². The zero-order chi connectivity index (χ0) is 14.5. The number of nitrogens with one attached hydrogen (secondary N) is 2. The molecule has 0 bridgehead atoms. The van der Waals surface area contributed by atoms with Crippen molar-refractivity contribution in [2.75, 3.05) is 6.54 Å². The smallest absolute Gasteiger partial charge is 0.234 e. The quantitative estimate of drug-likeness (QED) is 0.880. The Bertz CT molecular complexity index is 585. The van der Waals surface area contributed by atoms with Gasteiger partial charge in [-0.2, -0.15) is 0 Å². The molecule has 3 nitrogen and oxygen atoms in total. The third kappa shape index (κ3) is 3.70. The van der Waals surface area contributed by atoms with Crippen LogP contribution in [0.15, 0.2) is 54.6 Å². The average Bonchev–Trinajstić information content (AvgIpc) is 2.95. The molecule has 0 saturated heterocycles. The summed E-state index contributed by atoms with van der Waals surface area (Å²) >= 11 is 0. The summed E-state index contributed by atoms with van der Waals surface area (Å²) in [5, 5.41) is 6.30. The molecule has 0 unspecified atom stereocenters. The monoisotopic (exact) mass is 280 g/mol. The summed E-state index contributed by atoms with van der Waals surface area (Å²) < 4.78 is 0. The summed E-state index contributed by atoms with van der Waals surface area (Å²) in [6.07, 6.45) is 2.03. The lowest BCUT2D eigenvalue weighted by molar-refractivity contribution is -0.120. The van der Waals surface area contributed by atoms with Gasteiger partial charge in [-0.15, -0.1) is 0 Å². The highest BCUT2D eigenvalue weighted by molar-refractivity contribution is 5.78. The lowest BCUT2D eigenvalue weighted by Crippen LogP contribution is -2.39. The van der Waals surface area contributed by atoms with Crippen LogP contribution >= 0.6 is 0 Å². The summed E-state index contributed by atoms with van der Waals surface area (Å²) in [5.74, 6) is 0.0507.